The van der Waals surface area contributed by atoms with Gasteiger partial charge in [0.2, 0.25) is 0 Å². The third-order valence-corrected chi connectivity index (χ3v) is 2.56. The largest absolute Gasteiger partial charge is 0.497 e. The minimum Gasteiger partial charge on any atom is -0.497 e. The fraction of sp³-hybridized carbons (Fsp3) is 0.538. The molecular weight excluding hydrogens is 202 g/mol. The Kier molecular flexibility index (Phi) is 5.90. The first-order valence-electron chi connectivity index (χ1n) is 5.68. The lowest BCUT2D eigenvalue weighted by molar-refractivity contribution is 0.261. The van der Waals surface area contributed by atoms with E-state index in [1.54, 1.807) is 7.11 Å². The van der Waals surface area contributed by atoms with Gasteiger partial charge in [-0.05, 0) is 44.1 Å². The van der Waals surface area contributed by atoms with Gasteiger partial charge in [-0.2, -0.15) is 0 Å². The first-order chi connectivity index (χ1) is 7.76. The summed E-state index contributed by atoms with van der Waals surface area (Å²) in [7, 11) is 3.78. The molecule has 0 radical (unpaired) electrons. The Morgan fingerprint density at radius 2 is 1.88 bits per heavy atom. The Bertz CT molecular complexity index is 284. The van der Waals surface area contributed by atoms with E-state index in [1.807, 2.05) is 12.1 Å². The SMILES string of the molecule is COc1ccc(CN(C)CCCCO)cc1. The Morgan fingerprint density at radius 3 is 2.44 bits per heavy atom. The number of hydrogen-bond acceptors (Lipinski definition) is 3. The van der Waals surface area contributed by atoms with Gasteiger partial charge in [0, 0.05) is 13.2 Å². The fourth-order valence-corrected chi connectivity index (χ4v) is 1.62. The Hall–Kier alpha value is -1.06. The van der Waals surface area contributed by atoms with Crippen LogP contribution in [0.5, 0.6) is 5.75 Å². The molecule has 3 heteroatoms. The summed E-state index contributed by atoms with van der Waals surface area (Å²) >= 11 is 0. The van der Waals surface area contributed by atoms with Gasteiger partial charge in [0.25, 0.3) is 0 Å². The number of rotatable bonds is 7. The molecule has 1 N–H and O–H groups in total. The van der Waals surface area contributed by atoms with Crippen molar-refractivity contribution in [2.75, 3.05) is 27.3 Å². The molecule has 0 saturated carbocycles. The Balaban J connectivity index is 2.34. The van der Waals surface area contributed by atoms with E-state index in [0.29, 0.717) is 0 Å². The van der Waals surface area contributed by atoms with Gasteiger partial charge in [-0.1, -0.05) is 12.1 Å². The highest BCUT2D eigenvalue weighted by Crippen LogP contribution is 2.12. The molecule has 0 spiro atoms. The quantitative estimate of drug-likeness (QED) is 0.717. The van der Waals surface area contributed by atoms with Crippen molar-refractivity contribution in [1.82, 2.24) is 4.90 Å². The van der Waals surface area contributed by atoms with Crippen LogP contribution in [0, 0.1) is 0 Å². The normalized spacial score (nSPS) is 10.8. The topological polar surface area (TPSA) is 32.7 Å². The number of aliphatic hydroxyl groups is 1. The number of hydrogen-bond donors (Lipinski definition) is 1. The zero-order valence-corrected chi connectivity index (χ0v) is 10.1. The number of ether oxygens (including phenoxy) is 1. The molecule has 0 atom stereocenters. The van der Waals surface area contributed by atoms with E-state index >= 15 is 0 Å². The third-order valence-electron chi connectivity index (χ3n) is 2.56. The number of unbranched alkanes of at least 4 members (excludes halogenated alkanes) is 1. The predicted molar refractivity (Wildman–Crippen MR) is 65.6 cm³/mol. The van der Waals surface area contributed by atoms with Gasteiger partial charge in [0.1, 0.15) is 5.75 Å². The van der Waals surface area contributed by atoms with E-state index in [-0.39, 0.29) is 6.61 Å². The van der Waals surface area contributed by atoms with E-state index in [9.17, 15) is 0 Å². The zero-order valence-electron chi connectivity index (χ0n) is 10.1. The lowest BCUT2D eigenvalue weighted by Crippen LogP contribution is -2.19. The van der Waals surface area contributed by atoms with Crippen molar-refractivity contribution in [2.45, 2.75) is 19.4 Å². The van der Waals surface area contributed by atoms with Crippen LogP contribution in [0.25, 0.3) is 0 Å². The summed E-state index contributed by atoms with van der Waals surface area (Å²) in [6, 6.07) is 8.14. The molecule has 0 bridgehead atoms. The molecule has 1 rings (SSSR count). The molecule has 0 aliphatic rings. The van der Waals surface area contributed by atoms with Crippen molar-refractivity contribution in [3.05, 3.63) is 29.8 Å². The van der Waals surface area contributed by atoms with Crippen LogP contribution in [0.15, 0.2) is 24.3 Å². The fourth-order valence-electron chi connectivity index (χ4n) is 1.62. The molecule has 0 amide bonds. The molecular formula is C13H21NO2. The smallest absolute Gasteiger partial charge is 0.118 e. The second-order valence-corrected chi connectivity index (χ2v) is 4.02. The maximum Gasteiger partial charge on any atom is 0.118 e. The van der Waals surface area contributed by atoms with Crippen LogP contribution in [0.1, 0.15) is 18.4 Å². The average molecular weight is 223 g/mol. The summed E-state index contributed by atoms with van der Waals surface area (Å²) < 4.78 is 5.11. The molecule has 0 aliphatic carbocycles. The maximum atomic E-state index is 8.69. The highest BCUT2D eigenvalue weighted by Gasteiger charge is 2.00. The Labute approximate surface area is 97.7 Å². The van der Waals surface area contributed by atoms with Crippen LogP contribution >= 0.6 is 0 Å². The van der Waals surface area contributed by atoms with Crippen molar-refractivity contribution in [3.63, 3.8) is 0 Å². The molecule has 16 heavy (non-hydrogen) atoms. The van der Waals surface area contributed by atoms with E-state index in [1.165, 1.54) is 5.56 Å². The van der Waals surface area contributed by atoms with Gasteiger partial charge >= 0.3 is 0 Å². The number of aliphatic hydroxyl groups excluding tert-OH is 1. The van der Waals surface area contributed by atoms with Crippen molar-refractivity contribution >= 4 is 0 Å². The summed E-state index contributed by atoms with van der Waals surface area (Å²) in [6.45, 7) is 2.25. The summed E-state index contributed by atoms with van der Waals surface area (Å²) in [4.78, 5) is 2.26. The summed E-state index contributed by atoms with van der Waals surface area (Å²) in [5.41, 5.74) is 1.28. The lowest BCUT2D eigenvalue weighted by atomic mass is 10.2. The molecule has 0 fully saturated rings. The van der Waals surface area contributed by atoms with Gasteiger partial charge in [-0.25, -0.2) is 0 Å². The van der Waals surface area contributed by atoms with Crippen LogP contribution < -0.4 is 4.74 Å². The summed E-state index contributed by atoms with van der Waals surface area (Å²) in [5, 5.41) is 8.69. The average Bonchev–Trinajstić information content (AvgIpc) is 2.30. The predicted octanol–water partition coefficient (Wildman–Crippen LogP) is 1.90. The minimum absolute atomic E-state index is 0.288. The highest BCUT2D eigenvalue weighted by atomic mass is 16.5. The standard InChI is InChI=1S/C13H21NO2/c1-14(9-3-4-10-15)11-12-5-7-13(16-2)8-6-12/h5-8,15H,3-4,9-11H2,1-2H3. The minimum atomic E-state index is 0.288. The summed E-state index contributed by atoms with van der Waals surface area (Å²) in [5.74, 6) is 0.895. The van der Waals surface area contributed by atoms with Crippen LogP contribution in [-0.4, -0.2) is 37.3 Å². The van der Waals surface area contributed by atoms with Crippen molar-refractivity contribution in [3.8, 4) is 5.75 Å². The van der Waals surface area contributed by atoms with Crippen LogP contribution in [0.4, 0.5) is 0 Å². The molecule has 0 unspecified atom stereocenters. The molecule has 0 heterocycles. The first-order valence-corrected chi connectivity index (χ1v) is 5.68. The third kappa shape index (κ3) is 4.64. The molecule has 0 saturated heterocycles. The summed E-state index contributed by atoms with van der Waals surface area (Å²) in [6.07, 6.45) is 1.93. The van der Waals surface area contributed by atoms with Gasteiger partial charge in [-0.15, -0.1) is 0 Å². The molecule has 1 aromatic carbocycles. The lowest BCUT2D eigenvalue weighted by Gasteiger charge is -2.16. The van der Waals surface area contributed by atoms with Crippen LogP contribution in [0.2, 0.25) is 0 Å². The second-order valence-electron chi connectivity index (χ2n) is 4.02. The second kappa shape index (κ2) is 7.25. The van der Waals surface area contributed by atoms with Crippen molar-refractivity contribution in [2.24, 2.45) is 0 Å². The molecule has 0 aliphatic heterocycles. The van der Waals surface area contributed by atoms with E-state index in [2.05, 4.69) is 24.1 Å². The first kappa shape index (κ1) is 13.0. The molecule has 90 valence electrons. The number of nitrogens with zero attached hydrogens (tertiary/aromatic N) is 1. The maximum absolute atomic E-state index is 8.69. The Morgan fingerprint density at radius 1 is 1.19 bits per heavy atom. The van der Waals surface area contributed by atoms with Crippen molar-refractivity contribution < 1.29 is 9.84 Å². The van der Waals surface area contributed by atoms with Crippen molar-refractivity contribution in [1.29, 1.82) is 0 Å². The zero-order chi connectivity index (χ0) is 11.8. The highest BCUT2D eigenvalue weighted by molar-refractivity contribution is 5.26. The van der Waals surface area contributed by atoms with Gasteiger partial charge in [0.15, 0.2) is 0 Å². The van der Waals surface area contributed by atoms with Gasteiger partial charge in [0.05, 0.1) is 7.11 Å². The molecule has 3 nitrogen and oxygen atoms in total. The van der Waals surface area contributed by atoms with E-state index < -0.39 is 0 Å². The van der Waals surface area contributed by atoms with Gasteiger partial charge in [-0.3, -0.25) is 0 Å². The molecule has 1 aromatic rings. The molecule has 0 aromatic heterocycles. The van der Waals surface area contributed by atoms with E-state index in [0.717, 1.165) is 31.7 Å². The van der Waals surface area contributed by atoms with Crippen LogP contribution in [-0.2, 0) is 6.54 Å². The monoisotopic (exact) mass is 223 g/mol. The van der Waals surface area contributed by atoms with Crippen LogP contribution in [0.3, 0.4) is 0 Å². The van der Waals surface area contributed by atoms with Gasteiger partial charge < -0.3 is 14.7 Å². The number of benzene rings is 1. The van der Waals surface area contributed by atoms with E-state index in [4.69, 9.17) is 9.84 Å². The number of methoxy groups -OCH3 is 1.